The largest absolute Gasteiger partial charge is 0.481 e. The summed E-state index contributed by atoms with van der Waals surface area (Å²) in [6.45, 7) is 5.08. The number of piperidine rings is 1. The highest BCUT2D eigenvalue weighted by atomic mass is 16.4. The van der Waals surface area contributed by atoms with Gasteiger partial charge in [-0.3, -0.25) is 14.5 Å². The van der Waals surface area contributed by atoms with Crippen molar-refractivity contribution in [2.24, 2.45) is 11.8 Å². The van der Waals surface area contributed by atoms with Crippen LogP contribution in [0.25, 0.3) is 0 Å². The number of hydrogen-bond acceptors (Lipinski definition) is 3. The van der Waals surface area contributed by atoms with Gasteiger partial charge in [0.1, 0.15) is 0 Å². The van der Waals surface area contributed by atoms with Crippen LogP contribution in [0.5, 0.6) is 0 Å². The minimum Gasteiger partial charge on any atom is -0.481 e. The topological polar surface area (TPSA) is 69.6 Å². The minimum atomic E-state index is -0.819. The molecule has 23 heavy (non-hydrogen) atoms. The summed E-state index contributed by atoms with van der Waals surface area (Å²) in [7, 11) is 0. The quantitative estimate of drug-likeness (QED) is 0.808. The maximum atomic E-state index is 12.2. The third-order valence-corrected chi connectivity index (χ3v) is 4.36. The molecule has 0 aliphatic carbocycles. The lowest BCUT2D eigenvalue weighted by Crippen LogP contribution is -2.41. The molecule has 1 saturated heterocycles. The highest BCUT2D eigenvalue weighted by Gasteiger charge is 2.25. The Morgan fingerprint density at radius 1 is 1.26 bits per heavy atom. The maximum Gasteiger partial charge on any atom is 0.303 e. The van der Waals surface area contributed by atoms with Crippen LogP contribution in [0.3, 0.4) is 0 Å². The number of nitrogens with one attached hydrogen (secondary N) is 1. The zero-order valence-electron chi connectivity index (χ0n) is 13.7. The predicted octanol–water partition coefficient (Wildman–Crippen LogP) is 2.13. The van der Waals surface area contributed by atoms with Gasteiger partial charge >= 0.3 is 5.97 Å². The Balaban J connectivity index is 1.69. The monoisotopic (exact) mass is 318 g/mol. The van der Waals surface area contributed by atoms with Gasteiger partial charge in [0.15, 0.2) is 0 Å². The Morgan fingerprint density at radius 3 is 2.52 bits per heavy atom. The van der Waals surface area contributed by atoms with E-state index in [1.165, 1.54) is 5.56 Å². The number of hydrogen-bond donors (Lipinski definition) is 2. The average molecular weight is 318 g/mol. The normalized spacial score (nSPS) is 17.6. The van der Waals surface area contributed by atoms with Gasteiger partial charge in [0.05, 0.1) is 0 Å². The molecule has 1 heterocycles. The van der Waals surface area contributed by atoms with E-state index in [1.807, 2.05) is 25.1 Å². The Labute approximate surface area is 137 Å². The Morgan fingerprint density at radius 2 is 1.91 bits per heavy atom. The Kier molecular flexibility index (Phi) is 6.59. The van der Waals surface area contributed by atoms with E-state index < -0.39 is 5.97 Å². The lowest BCUT2D eigenvalue weighted by Gasteiger charge is -2.31. The van der Waals surface area contributed by atoms with Gasteiger partial charge in [0, 0.05) is 25.4 Å². The molecular weight excluding hydrogens is 292 g/mol. The van der Waals surface area contributed by atoms with Gasteiger partial charge in [0.25, 0.3) is 0 Å². The van der Waals surface area contributed by atoms with Gasteiger partial charge in [-0.15, -0.1) is 0 Å². The first kappa shape index (κ1) is 17.5. The van der Waals surface area contributed by atoms with Crippen molar-refractivity contribution in [3.05, 3.63) is 35.9 Å². The highest BCUT2D eigenvalue weighted by molar-refractivity contribution is 5.78. The van der Waals surface area contributed by atoms with Gasteiger partial charge in [-0.05, 0) is 37.4 Å². The fourth-order valence-corrected chi connectivity index (χ4v) is 2.98. The first-order valence-electron chi connectivity index (χ1n) is 8.30. The lowest BCUT2D eigenvalue weighted by molar-refractivity contribution is -0.138. The summed E-state index contributed by atoms with van der Waals surface area (Å²) >= 11 is 0. The van der Waals surface area contributed by atoms with Crippen molar-refractivity contribution in [3.63, 3.8) is 0 Å². The molecule has 126 valence electrons. The van der Waals surface area contributed by atoms with E-state index in [9.17, 15) is 9.59 Å². The molecule has 1 aliphatic rings. The van der Waals surface area contributed by atoms with Gasteiger partial charge in [0.2, 0.25) is 5.91 Å². The number of carboxylic acid groups (broad SMARTS) is 1. The smallest absolute Gasteiger partial charge is 0.303 e. The third kappa shape index (κ3) is 6.02. The summed E-state index contributed by atoms with van der Waals surface area (Å²) in [5, 5.41) is 11.6. The highest BCUT2D eigenvalue weighted by Crippen LogP contribution is 2.19. The summed E-state index contributed by atoms with van der Waals surface area (Å²) in [5.74, 6) is -0.726. The number of nitrogens with zero attached hydrogens (tertiary/aromatic N) is 1. The van der Waals surface area contributed by atoms with E-state index in [2.05, 4.69) is 22.3 Å². The fourth-order valence-electron chi connectivity index (χ4n) is 2.98. The summed E-state index contributed by atoms with van der Waals surface area (Å²) in [5.41, 5.74) is 1.30. The molecule has 0 bridgehead atoms. The van der Waals surface area contributed by atoms with Gasteiger partial charge in [-0.1, -0.05) is 37.3 Å². The summed E-state index contributed by atoms with van der Waals surface area (Å²) < 4.78 is 0. The molecule has 1 unspecified atom stereocenters. The average Bonchev–Trinajstić information content (AvgIpc) is 2.54. The first-order chi connectivity index (χ1) is 11.0. The number of carbonyl (C=O) groups excluding carboxylic acids is 1. The number of benzene rings is 1. The molecule has 5 heteroatoms. The molecule has 0 spiro atoms. The zero-order valence-corrected chi connectivity index (χ0v) is 13.7. The molecule has 1 aromatic carbocycles. The summed E-state index contributed by atoms with van der Waals surface area (Å²) in [6.07, 6.45) is 1.83. The van der Waals surface area contributed by atoms with Crippen LogP contribution in [0.1, 0.15) is 31.7 Å². The van der Waals surface area contributed by atoms with Crippen LogP contribution in [0.15, 0.2) is 30.3 Å². The van der Waals surface area contributed by atoms with Gasteiger partial charge in [-0.25, -0.2) is 0 Å². The minimum absolute atomic E-state index is 0.0328. The second-order valence-corrected chi connectivity index (χ2v) is 6.48. The molecule has 1 aromatic rings. The van der Waals surface area contributed by atoms with Crippen molar-refractivity contribution in [2.75, 3.05) is 19.6 Å². The molecule has 1 amide bonds. The van der Waals surface area contributed by atoms with Crippen molar-refractivity contribution in [1.29, 1.82) is 0 Å². The number of carbonyl (C=O) groups is 2. The summed E-state index contributed by atoms with van der Waals surface area (Å²) in [6, 6.07) is 10.4. The number of amides is 1. The Bertz CT molecular complexity index is 510. The second kappa shape index (κ2) is 8.67. The standard InChI is InChI=1S/C18H26N2O3/c1-14(11-17(21)22)12-19-18(23)16-7-9-20(10-8-16)13-15-5-3-2-4-6-15/h2-6,14,16H,7-13H2,1H3,(H,19,23)(H,21,22). The lowest BCUT2D eigenvalue weighted by atomic mass is 9.95. The Hall–Kier alpha value is -1.88. The summed E-state index contributed by atoms with van der Waals surface area (Å²) in [4.78, 5) is 25.2. The van der Waals surface area contributed by atoms with E-state index in [1.54, 1.807) is 0 Å². The molecule has 0 radical (unpaired) electrons. The van der Waals surface area contributed by atoms with Crippen molar-refractivity contribution < 1.29 is 14.7 Å². The molecule has 0 aromatic heterocycles. The maximum absolute atomic E-state index is 12.2. The van der Waals surface area contributed by atoms with Gasteiger partial charge in [-0.2, -0.15) is 0 Å². The van der Waals surface area contributed by atoms with Crippen molar-refractivity contribution in [2.45, 2.75) is 32.7 Å². The van der Waals surface area contributed by atoms with Crippen LogP contribution in [0, 0.1) is 11.8 Å². The number of rotatable bonds is 7. The number of carboxylic acids is 1. The van der Waals surface area contributed by atoms with Crippen molar-refractivity contribution >= 4 is 11.9 Å². The first-order valence-corrected chi connectivity index (χ1v) is 8.30. The van der Waals surface area contributed by atoms with Crippen LogP contribution < -0.4 is 5.32 Å². The second-order valence-electron chi connectivity index (χ2n) is 6.48. The van der Waals surface area contributed by atoms with Crippen LogP contribution in [-0.4, -0.2) is 41.5 Å². The van der Waals surface area contributed by atoms with E-state index in [0.29, 0.717) is 6.54 Å². The van der Waals surface area contributed by atoms with Gasteiger partial charge < -0.3 is 10.4 Å². The number of aliphatic carboxylic acids is 1. The molecule has 2 N–H and O–H groups in total. The van der Waals surface area contributed by atoms with Crippen molar-refractivity contribution in [3.8, 4) is 0 Å². The van der Waals surface area contributed by atoms with Crippen LogP contribution in [-0.2, 0) is 16.1 Å². The van der Waals surface area contributed by atoms with E-state index in [-0.39, 0.29) is 24.2 Å². The molecular formula is C18H26N2O3. The van der Waals surface area contributed by atoms with Crippen LogP contribution >= 0.6 is 0 Å². The molecule has 1 aliphatic heterocycles. The predicted molar refractivity (Wildman–Crippen MR) is 88.9 cm³/mol. The molecule has 1 fully saturated rings. The molecule has 0 saturated carbocycles. The van der Waals surface area contributed by atoms with Crippen LogP contribution in [0.4, 0.5) is 0 Å². The van der Waals surface area contributed by atoms with Crippen LogP contribution in [0.2, 0.25) is 0 Å². The molecule has 5 nitrogen and oxygen atoms in total. The van der Waals surface area contributed by atoms with Crippen molar-refractivity contribution in [1.82, 2.24) is 10.2 Å². The number of likely N-dealkylation sites (tertiary alicyclic amines) is 1. The SMILES string of the molecule is CC(CNC(=O)C1CCN(Cc2ccccc2)CC1)CC(=O)O. The van der Waals surface area contributed by atoms with E-state index in [0.717, 1.165) is 32.5 Å². The zero-order chi connectivity index (χ0) is 16.7. The van der Waals surface area contributed by atoms with E-state index >= 15 is 0 Å². The third-order valence-electron chi connectivity index (χ3n) is 4.36. The van der Waals surface area contributed by atoms with E-state index in [4.69, 9.17) is 5.11 Å². The molecule has 2 rings (SSSR count). The fraction of sp³-hybridized carbons (Fsp3) is 0.556. The molecule has 1 atom stereocenters.